The average Bonchev–Trinajstić information content (AvgIpc) is 2.29. The molecule has 0 atom stereocenters. The Morgan fingerprint density at radius 3 is 2.89 bits per heavy atom. The summed E-state index contributed by atoms with van der Waals surface area (Å²) < 4.78 is 0. The zero-order valence-electron chi connectivity index (χ0n) is 9.30. The lowest BCUT2D eigenvalue weighted by Gasteiger charge is -2.05. The topological polar surface area (TPSA) is 92.5 Å². The minimum absolute atomic E-state index is 0.0430. The van der Waals surface area contributed by atoms with E-state index < -0.39 is 10.9 Å². The highest BCUT2D eigenvalue weighted by molar-refractivity contribution is 6.31. The smallest absolute Gasteiger partial charge is 0.337 e. The first-order valence-electron chi connectivity index (χ1n) is 5.07. The van der Waals surface area contributed by atoms with Crippen molar-refractivity contribution in [2.45, 2.75) is 6.42 Å². The van der Waals surface area contributed by atoms with Crippen LogP contribution in [0.25, 0.3) is 0 Å². The van der Waals surface area contributed by atoms with E-state index in [4.69, 9.17) is 16.7 Å². The number of rotatable bonds is 6. The Hall–Kier alpha value is -2.08. The molecule has 1 aromatic carbocycles. The molecular weight excluding hydrogens is 260 g/mol. The normalized spacial score (nSPS) is 10.5. The van der Waals surface area contributed by atoms with Crippen LogP contribution in [0.4, 0.5) is 5.69 Å². The van der Waals surface area contributed by atoms with E-state index in [0.29, 0.717) is 10.7 Å². The highest BCUT2D eigenvalue weighted by Gasteiger charge is 2.09. The molecule has 0 aliphatic rings. The van der Waals surface area contributed by atoms with Gasteiger partial charge in [-0.2, -0.15) is 0 Å². The lowest BCUT2D eigenvalue weighted by Crippen LogP contribution is -2.02. The van der Waals surface area contributed by atoms with Gasteiger partial charge in [0.15, 0.2) is 0 Å². The predicted octanol–water partition coefficient (Wildman–Crippen LogP) is 2.63. The third-order valence-electron chi connectivity index (χ3n) is 2.05. The second kappa shape index (κ2) is 6.61. The Labute approximate surface area is 108 Å². The number of nitrogens with one attached hydrogen (secondary N) is 1. The summed E-state index contributed by atoms with van der Waals surface area (Å²) in [5.74, 6) is -1.10. The summed E-state index contributed by atoms with van der Waals surface area (Å²) in [5, 5.41) is 22.1. The van der Waals surface area contributed by atoms with Crippen molar-refractivity contribution in [3.8, 4) is 0 Å². The van der Waals surface area contributed by atoms with Crippen LogP contribution in [0.5, 0.6) is 0 Å². The maximum absolute atomic E-state index is 10.9. The Balaban J connectivity index is 2.67. The average molecular weight is 271 g/mol. The Kier molecular flexibility index (Phi) is 5.13. The molecule has 0 bridgehead atoms. The Morgan fingerprint density at radius 2 is 2.28 bits per heavy atom. The first kappa shape index (κ1) is 14.0. The van der Waals surface area contributed by atoms with Crippen LogP contribution in [0, 0.1) is 10.1 Å². The third-order valence-corrected chi connectivity index (χ3v) is 2.28. The van der Waals surface area contributed by atoms with Gasteiger partial charge in [0.25, 0.3) is 0 Å². The minimum atomic E-state index is -1.10. The van der Waals surface area contributed by atoms with Gasteiger partial charge in [0.05, 0.1) is 11.3 Å². The van der Waals surface area contributed by atoms with Crippen LogP contribution in [0.2, 0.25) is 5.02 Å². The zero-order valence-corrected chi connectivity index (χ0v) is 10.1. The van der Waals surface area contributed by atoms with Gasteiger partial charge in [-0.1, -0.05) is 17.7 Å². The van der Waals surface area contributed by atoms with E-state index in [9.17, 15) is 14.9 Å². The van der Waals surface area contributed by atoms with Gasteiger partial charge in [-0.3, -0.25) is 10.1 Å². The fourth-order valence-corrected chi connectivity index (χ4v) is 1.40. The molecular formula is C11H11ClN2O4. The molecule has 0 aliphatic heterocycles. The molecule has 0 aliphatic carbocycles. The van der Waals surface area contributed by atoms with Crippen LogP contribution in [0.3, 0.4) is 0 Å². The number of hydrogen-bond acceptors (Lipinski definition) is 4. The van der Waals surface area contributed by atoms with Gasteiger partial charge in [0.1, 0.15) is 0 Å². The van der Waals surface area contributed by atoms with Crippen LogP contribution in [-0.2, 0) is 0 Å². The number of halogens is 1. The van der Waals surface area contributed by atoms with E-state index in [1.54, 1.807) is 12.1 Å². The molecule has 0 heterocycles. The van der Waals surface area contributed by atoms with E-state index in [1.165, 1.54) is 18.3 Å². The fourth-order valence-electron chi connectivity index (χ4n) is 1.23. The molecule has 18 heavy (non-hydrogen) atoms. The first-order valence-corrected chi connectivity index (χ1v) is 5.44. The number of carboxylic acid groups (broad SMARTS) is 1. The van der Waals surface area contributed by atoms with Crippen molar-refractivity contribution >= 4 is 23.3 Å². The lowest BCUT2D eigenvalue weighted by molar-refractivity contribution is -0.478. The summed E-state index contributed by atoms with van der Waals surface area (Å²) in [6, 6.07) is 4.42. The van der Waals surface area contributed by atoms with Crippen molar-refractivity contribution in [2.24, 2.45) is 0 Å². The number of nitro groups is 1. The van der Waals surface area contributed by atoms with Gasteiger partial charge >= 0.3 is 5.97 Å². The number of carbonyl (C=O) groups is 1. The van der Waals surface area contributed by atoms with Crippen molar-refractivity contribution in [2.75, 3.05) is 11.9 Å². The van der Waals surface area contributed by atoms with Gasteiger partial charge in [-0.25, -0.2) is 4.79 Å². The Morgan fingerprint density at radius 1 is 1.56 bits per heavy atom. The molecule has 0 radical (unpaired) electrons. The SMILES string of the molecule is O=C(O)c1cc(Cl)ccc1N/C=C/CC[N+](=O)[O-]. The number of anilines is 1. The molecule has 0 spiro atoms. The zero-order chi connectivity index (χ0) is 13.5. The standard InChI is InChI=1S/C11H11ClN2O4/c12-8-3-4-10(9(7-8)11(15)16)13-5-1-2-6-14(17)18/h1,3-5,7,13H,2,6H2,(H,15,16)/b5-1+. The van der Waals surface area contributed by atoms with Crippen molar-refractivity contribution in [1.82, 2.24) is 0 Å². The van der Waals surface area contributed by atoms with Crippen molar-refractivity contribution in [3.63, 3.8) is 0 Å². The number of benzene rings is 1. The van der Waals surface area contributed by atoms with E-state index in [1.807, 2.05) is 0 Å². The summed E-state index contributed by atoms with van der Waals surface area (Å²) in [7, 11) is 0. The maximum atomic E-state index is 10.9. The minimum Gasteiger partial charge on any atom is -0.478 e. The molecule has 0 unspecified atom stereocenters. The highest BCUT2D eigenvalue weighted by Crippen LogP contribution is 2.20. The van der Waals surface area contributed by atoms with E-state index in [-0.39, 0.29) is 18.5 Å². The van der Waals surface area contributed by atoms with Gasteiger partial charge < -0.3 is 10.4 Å². The lowest BCUT2D eigenvalue weighted by atomic mass is 10.2. The molecule has 1 aromatic rings. The van der Waals surface area contributed by atoms with Crippen molar-refractivity contribution in [3.05, 3.63) is 51.2 Å². The largest absolute Gasteiger partial charge is 0.478 e. The highest BCUT2D eigenvalue weighted by atomic mass is 35.5. The van der Waals surface area contributed by atoms with Crippen LogP contribution >= 0.6 is 11.6 Å². The van der Waals surface area contributed by atoms with Crippen LogP contribution in [0.15, 0.2) is 30.5 Å². The number of hydrogen-bond donors (Lipinski definition) is 2. The van der Waals surface area contributed by atoms with Crippen molar-refractivity contribution < 1.29 is 14.8 Å². The van der Waals surface area contributed by atoms with Gasteiger partial charge in [0, 0.05) is 16.4 Å². The van der Waals surface area contributed by atoms with Crippen LogP contribution < -0.4 is 5.32 Å². The maximum Gasteiger partial charge on any atom is 0.337 e. The summed E-state index contributed by atoms with van der Waals surface area (Å²) in [6.07, 6.45) is 3.30. The van der Waals surface area contributed by atoms with Crippen LogP contribution in [0.1, 0.15) is 16.8 Å². The second-order valence-electron chi connectivity index (χ2n) is 3.39. The molecule has 0 aromatic heterocycles. The summed E-state index contributed by atoms with van der Waals surface area (Å²) in [5.41, 5.74) is 0.422. The number of carboxylic acids is 1. The van der Waals surface area contributed by atoms with Gasteiger partial charge in [0.2, 0.25) is 6.54 Å². The van der Waals surface area contributed by atoms with E-state index in [2.05, 4.69) is 5.32 Å². The first-order chi connectivity index (χ1) is 8.50. The molecule has 0 saturated heterocycles. The number of nitrogens with zero attached hydrogens (tertiary/aromatic N) is 1. The van der Waals surface area contributed by atoms with Gasteiger partial charge in [-0.15, -0.1) is 0 Å². The fraction of sp³-hybridized carbons (Fsp3) is 0.182. The summed E-state index contributed by atoms with van der Waals surface area (Å²) in [6.45, 7) is -0.162. The molecule has 0 fully saturated rings. The quantitative estimate of drug-likeness (QED) is 0.612. The molecule has 96 valence electrons. The molecule has 1 rings (SSSR count). The molecule has 7 heteroatoms. The molecule has 2 N–H and O–H groups in total. The second-order valence-corrected chi connectivity index (χ2v) is 3.82. The van der Waals surface area contributed by atoms with Gasteiger partial charge in [-0.05, 0) is 24.4 Å². The summed E-state index contributed by atoms with van der Waals surface area (Å²) in [4.78, 5) is 20.6. The van der Waals surface area contributed by atoms with Crippen molar-refractivity contribution in [1.29, 1.82) is 0 Å². The molecule has 0 amide bonds. The third kappa shape index (κ3) is 4.42. The predicted molar refractivity (Wildman–Crippen MR) is 67.7 cm³/mol. The molecule has 6 nitrogen and oxygen atoms in total. The van der Waals surface area contributed by atoms with E-state index in [0.717, 1.165) is 0 Å². The summed E-state index contributed by atoms with van der Waals surface area (Å²) >= 11 is 5.70. The molecule has 0 saturated carbocycles. The number of aromatic carboxylic acids is 1. The monoisotopic (exact) mass is 270 g/mol. The Bertz CT molecular complexity index is 488. The van der Waals surface area contributed by atoms with E-state index >= 15 is 0 Å². The van der Waals surface area contributed by atoms with Crippen LogP contribution in [-0.4, -0.2) is 22.5 Å².